The summed E-state index contributed by atoms with van der Waals surface area (Å²) in [4.78, 5) is 3.97. The lowest BCUT2D eigenvalue weighted by Gasteiger charge is -2.36. The SMILES string of the molecule is CCC(C)(CNC1CC1)CN(C)C(C)c1cccs1. The molecule has 1 heterocycles. The van der Waals surface area contributed by atoms with Gasteiger partial charge in [-0.05, 0) is 50.1 Å². The third-order valence-electron chi connectivity index (χ3n) is 4.50. The van der Waals surface area contributed by atoms with E-state index in [9.17, 15) is 0 Å². The summed E-state index contributed by atoms with van der Waals surface area (Å²) in [6, 6.07) is 5.73. The molecule has 0 radical (unpaired) electrons. The van der Waals surface area contributed by atoms with E-state index in [1.54, 1.807) is 0 Å². The van der Waals surface area contributed by atoms with E-state index in [4.69, 9.17) is 0 Å². The lowest BCUT2D eigenvalue weighted by atomic mass is 9.86. The molecule has 0 amide bonds. The molecule has 1 aliphatic carbocycles. The van der Waals surface area contributed by atoms with Crippen LogP contribution in [0.4, 0.5) is 0 Å². The molecule has 1 N–H and O–H groups in total. The molecule has 19 heavy (non-hydrogen) atoms. The van der Waals surface area contributed by atoms with Crippen molar-refractivity contribution in [3.63, 3.8) is 0 Å². The molecule has 0 aliphatic heterocycles. The monoisotopic (exact) mass is 280 g/mol. The Morgan fingerprint density at radius 1 is 1.53 bits per heavy atom. The van der Waals surface area contributed by atoms with E-state index in [-0.39, 0.29) is 0 Å². The number of hydrogen-bond acceptors (Lipinski definition) is 3. The molecule has 0 saturated heterocycles. The predicted octanol–water partition coefficient (Wildman–Crippen LogP) is 3.91. The van der Waals surface area contributed by atoms with Crippen LogP contribution in [0.5, 0.6) is 0 Å². The third kappa shape index (κ3) is 4.30. The molecule has 108 valence electrons. The number of hydrogen-bond donors (Lipinski definition) is 1. The van der Waals surface area contributed by atoms with Gasteiger partial charge in [-0.15, -0.1) is 11.3 Å². The molecule has 0 bridgehead atoms. The Balaban J connectivity index is 1.88. The molecule has 2 nitrogen and oxygen atoms in total. The normalized spacial score (nSPS) is 20.5. The Labute approximate surface area is 122 Å². The van der Waals surface area contributed by atoms with Gasteiger partial charge in [0.05, 0.1) is 0 Å². The quantitative estimate of drug-likeness (QED) is 0.776. The van der Waals surface area contributed by atoms with Crippen molar-refractivity contribution >= 4 is 11.3 Å². The van der Waals surface area contributed by atoms with Gasteiger partial charge in [-0.25, -0.2) is 0 Å². The van der Waals surface area contributed by atoms with Gasteiger partial charge < -0.3 is 5.32 Å². The third-order valence-corrected chi connectivity index (χ3v) is 5.54. The number of nitrogens with zero attached hydrogens (tertiary/aromatic N) is 1. The summed E-state index contributed by atoms with van der Waals surface area (Å²) >= 11 is 1.86. The number of thiophene rings is 1. The number of nitrogens with one attached hydrogen (secondary N) is 1. The van der Waals surface area contributed by atoms with Crippen molar-refractivity contribution < 1.29 is 0 Å². The fourth-order valence-electron chi connectivity index (χ4n) is 2.46. The van der Waals surface area contributed by atoms with E-state index < -0.39 is 0 Å². The summed E-state index contributed by atoms with van der Waals surface area (Å²) in [6.07, 6.45) is 3.98. The summed E-state index contributed by atoms with van der Waals surface area (Å²) in [7, 11) is 2.26. The zero-order valence-electron chi connectivity index (χ0n) is 12.8. The summed E-state index contributed by atoms with van der Waals surface area (Å²) in [5.41, 5.74) is 0.378. The van der Waals surface area contributed by atoms with Gasteiger partial charge in [-0.3, -0.25) is 4.90 Å². The fraction of sp³-hybridized carbons (Fsp3) is 0.750. The van der Waals surface area contributed by atoms with E-state index in [1.807, 2.05) is 11.3 Å². The average molecular weight is 280 g/mol. The van der Waals surface area contributed by atoms with E-state index in [0.29, 0.717) is 11.5 Å². The molecule has 1 aromatic rings. The molecule has 0 aromatic carbocycles. The van der Waals surface area contributed by atoms with E-state index >= 15 is 0 Å². The van der Waals surface area contributed by atoms with E-state index in [1.165, 1.54) is 24.1 Å². The highest BCUT2D eigenvalue weighted by atomic mass is 32.1. The Bertz CT molecular complexity index is 372. The predicted molar refractivity (Wildman–Crippen MR) is 84.8 cm³/mol. The molecule has 3 heteroatoms. The molecule has 1 saturated carbocycles. The molecule has 1 aliphatic rings. The van der Waals surface area contributed by atoms with Gasteiger partial charge in [0.15, 0.2) is 0 Å². The van der Waals surface area contributed by atoms with Gasteiger partial charge in [-0.2, -0.15) is 0 Å². The summed E-state index contributed by atoms with van der Waals surface area (Å²) in [6.45, 7) is 9.35. The van der Waals surface area contributed by atoms with Crippen LogP contribution in [0.25, 0.3) is 0 Å². The van der Waals surface area contributed by atoms with Gasteiger partial charge in [0.25, 0.3) is 0 Å². The molecule has 2 rings (SSSR count). The average Bonchev–Trinajstić information content (AvgIpc) is 3.08. The van der Waals surface area contributed by atoms with E-state index in [0.717, 1.165) is 19.1 Å². The molecule has 2 unspecified atom stereocenters. The minimum absolute atomic E-state index is 0.378. The Morgan fingerprint density at radius 3 is 2.79 bits per heavy atom. The van der Waals surface area contributed by atoms with Crippen LogP contribution in [0.1, 0.15) is 51.0 Å². The van der Waals surface area contributed by atoms with Crippen LogP contribution < -0.4 is 5.32 Å². The van der Waals surface area contributed by atoms with Crippen LogP contribution in [0.2, 0.25) is 0 Å². The highest BCUT2D eigenvalue weighted by molar-refractivity contribution is 7.10. The first kappa shape index (κ1) is 15.0. The molecule has 0 spiro atoms. The maximum absolute atomic E-state index is 3.70. The highest BCUT2D eigenvalue weighted by Crippen LogP contribution is 2.29. The zero-order chi connectivity index (χ0) is 13.9. The smallest absolute Gasteiger partial charge is 0.0410 e. The van der Waals surface area contributed by atoms with Crippen molar-refractivity contribution in [2.24, 2.45) is 5.41 Å². The first-order chi connectivity index (χ1) is 9.04. The van der Waals surface area contributed by atoms with Crippen LogP contribution in [0.15, 0.2) is 17.5 Å². The van der Waals surface area contributed by atoms with Crippen LogP contribution >= 0.6 is 11.3 Å². The van der Waals surface area contributed by atoms with Crippen LogP contribution in [-0.4, -0.2) is 31.1 Å². The van der Waals surface area contributed by atoms with Crippen molar-refractivity contribution in [2.45, 2.75) is 52.1 Å². The fourth-order valence-corrected chi connectivity index (χ4v) is 3.30. The Morgan fingerprint density at radius 2 is 2.26 bits per heavy atom. The maximum Gasteiger partial charge on any atom is 0.0410 e. The first-order valence-electron chi connectivity index (χ1n) is 7.51. The van der Waals surface area contributed by atoms with Crippen molar-refractivity contribution in [1.29, 1.82) is 0 Å². The zero-order valence-corrected chi connectivity index (χ0v) is 13.6. The second-order valence-electron chi connectivity index (χ2n) is 6.43. The molecular weight excluding hydrogens is 252 g/mol. The van der Waals surface area contributed by atoms with Gasteiger partial charge in [0.1, 0.15) is 0 Å². The Hall–Kier alpha value is -0.380. The topological polar surface area (TPSA) is 15.3 Å². The van der Waals surface area contributed by atoms with Gasteiger partial charge in [0, 0.05) is 30.1 Å². The second kappa shape index (κ2) is 6.38. The largest absolute Gasteiger partial charge is 0.313 e. The lowest BCUT2D eigenvalue weighted by molar-refractivity contribution is 0.148. The van der Waals surface area contributed by atoms with Crippen molar-refractivity contribution in [2.75, 3.05) is 20.1 Å². The van der Waals surface area contributed by atoms with Crippen molar-refractivity contribution in [3.05, 3.63) is 22.4 Å². The first-order valence-corrected chi connectivity index (χ1v) is 8.39. The summed E-state index contributed by atoms with van der Waals surface area (Å²) in [5, 5.41) is 5.88. The molecule has 1 aromatic heterocycles. The van der Waals surface area contributed by atoms with Crippen LogP contribution in [0.3, 0.4) is 0 Å². The second-order valence-corrected chi connectivity index (χ2v) is 7.41. The van der Waals surface area contributed by atoms with E-state index in [2.05, 4.69) is 55.5 Å². The molecular formula is C16H28N2S. The van der Waals surface area contributed by atoms with Crippen LogP contribution in [0, 0.1) is 5.41 Å². The number of rotatable bonds is 8. The van der Waals surface area contributed by atoms with Crippen molar-refractivity contribution in [1.82, 2.24) is 10.2 Å². The summed E-state index contributed by atoms with van der Waals surface area (Å²) in [5.74, 6) is 0. The Kier molecular flexibility index (Phi) is 5.04. The molecule has 1 fully saturated rings. The van der Waals surface area contributed by atoms with Gasteiger partial charge in [-0.1, -0.05) is 19.9 Å². The van der Waals surface area contributed by atoms with Crippen LogP contribution in [-0.2, 0) is 0 Å². The standard InChI is InChI=1S/C16H28N2S/c1-5-16(3,11-17-14-8-9-14)12-18(4)13(2)15-7-6-10-19-15/h6-7,10,13-14,17H,5,8-9,11-12H2,1-4H3. The summed E-state index contributed by atoms with van der Waals surface area (Å²) < 4.78 is 0. The lowest BCUT2D eigenvalue weighted by Crippen LogP contribution is -2.42. The van der Waals surface area contributed by atoms with Gasteiger partial charge >= 0.3 is 0 Å². The minimum Gasteiger partial charge on any atom is -0.313 e. The maximum atomic E-state index is 3.70. The minimum atomic E-state index is 0.378. The van der Waals surface area contributed by atoms with Gasteiger partial charge in [0.2, 0.25) is 0 Å². The highest BCUT2D eigenvalue weighted by Gasteiger charge is 2.29. The van der Waals surface area contributed by atoms with Crippen molar-refractivity contribution in [3.8, 4) is 0 Å². The molecule has 2 atom stereocenters.